The number of para-hydroxylation sites is 1. The van der Waals surface area contributed by atoms with Crippen molar-refractivity contribution in [1.82, 2.24) is 0 Å². The summed E-state index contributed by atoms with van der Waals surface area (Å²) < 4.78 is 10.8. The van der Waals surface area contributed by atoms with E-state index in [0.29, 0.717) is 23.4 Å². The van der Waals surface area contributed by atoms with Crippen molar-refractivity contribution in [2.45, 2.75) is 27.0 Å². The number of nitrogens with one attached hydrogen (secondary N) is 2. The molecular weight excluding hydrogens is 362 g/mol. The third kappa shape index (κ3) is 4.47. The van der Waals surface area contributed by atoms with E-state index in [-0.39, 0.29) is 31.5 Å². The van der Waals surface area contributed by atoms with Crippen molar-refractivity contribution in [3.8, 4) is 5.75 Å². The van der Waals surface area contributed by atoms with Gasteiger partial charge in [-0.3, -0.25) is 14.9 Å². The molecule has 0 bridgehead atoms. The van der Waals surface area contributed by atoms with Gasteiger partial charge in [-0.05, 0) is 25.0 Å². The Morgan fingerprint density at radius 3 is 2.68 bits per heavy atom. The minimum absolute atomic E-state index is 0.00404. The molecule has 3 rings (SSSR count). The van der Waals surface area contributed by atoms with E-state index in [1.807, 2.05) is 39.1 Å². The molecule has 1 amide bonds. The molecule has 1 aliphatic rings. The summed E-state index contributed by atoms with van der Waals surface area (Å²) in [4.78, 5) is 24.2. The van der Waals surface area contributed by atoms with Gasteiger partial charge < -0.3 is 19.7 Å². The number of carbonyl (C=O) groups excluding carboxylic acids is 1. The number of quaternary nitrogens is 1. The summed E-state index contributed by atoms with van der Waals surface area (Å²) in [6.07, 6.45) is 0. The Balaban J connectivity index is 1.72. The van der Waals surface area contributed by atoms with Gasteiger partial charge in [0.25, 0.3) is 11.6 Å². The Morgan fingerprint density at radius 1 is 1.29 bits per heavy atom. The van der Waals surface area contributed by atoms with Crippen LogP contribution in [0.1, 0.15) is 22.3 Å². The Hall–Kier alpha value is -2.97. The van der Waals surface area contributed by atoms with Crippen molar-refractivity contribution in [2.24, 2.45) is 0 Å². The number of likely N-dealkylation sites (N-methyl/N-ethyl adjacent to an activating group) is 1. The quantitative estimate of drug-likeness (QED) is 0.582. The number of non-ortho nitro benzene ring substituents is 1. The molecule has 1 heterocycles. The second-order valence-corrected chi connectivity index (χ2v) is 7.09. The van der Waals surface area contributed by atoms with Gasteiger partial charge in [0, 0.05) is 23.4 Å². The highest BCUT2D eigenvalue weighted by Gasteiger charge is 2.23. The van der Waals surface area contributed by atoms with Gasteiger partial charge in [0.15, 0.2) is 13.3 Å². The number of ether oxygens (including phenoxy) is 2. The highest BCUT2D eigenvalue weighted by molar-refractivity contribution is 5.93. The van der Waals surface area contributed by atoms with E-state index in [9.17, 15) is 14.9 Å². The first-order valence-corrected chi connectivity index (χ1v) is 9.03. The molecule has 2 N–H and O–H groups in total. The maximum absolute atomic E-state index is 12.5. The van der Waals surface area contributed by atoms with Crippen LogP contribution < -0.4 is 15.0 Å². The van der Waals surface area contributed by atoms with Crippen molar-refractivity contribution in [2.75, 3.05) is 25.7 Å². The van der Waals surface area contributed by atoms with Gasteiger partial charge in [0.05, 0.1) is 24.1 Å². The number of anilines is 1. The van der Waals surface area contributed by atoms with Gasteiger partial charge in [-0.25, -0.2) is 0 Å². The van der Waals surface area contributed by atoms with E-state index in [4.69, 9.17) is 9.47 Å². The lowest BCUT2D eigenvalue weighted by molar-refractivity contribution is -0.885. The van der Waals surface area contributed by atoms with Crippen LogP contribution in [0.2, 0.25) is 0 Å². The van der Waals surface area contributed by atoms with Gasteiger partial charge in [0.2, 0.25) is 0 Å². The average molecular weight is 386 g/mol. The van der Waals surface area contributed by atoms with Gasteiger partial charge in [-0.15, -0.1) is 0 Å². The number of aryl methyl sites for hydroxylation is 2. The number of hydrogen-bond donors (Lipinski definition) is 2. The highest BCUT2D eigenvalue weighted by atomic mass is 16.7. The van der Waals surface area contributed by atoms with Crippen LogP contribution in [0, 0.1) is 24.0 Å². The molecule has 0 radical (unpaired) electrons. The molecule has 2 aromatic rings. The largest absolute Gasteiger partial charge is 0.467 e. The van der Waals surface area contributed by atoms with Crippen LogP contribution in [0.4, 0.5) is 11.4 Å². The molecule has 8 nitrogen and oxygen atoms in total. The van der Waals surface area contributed by atoms with Gasteiger partial charge in [0.1, 0.15) is 12.3 Å². The fourth-order valence-electron chi connectivity index (χ4n) is 3.37. The minimum Gasteiger partial charge on any atom is -0.467 e. The zero-order valence-electron chi connectivity index (χ0n) is 16.2. The first kappa shape index (κ1) is 19.8. The Morgan fingerprint density at radius 2 is 2.00 bits per heavy atom. The summed E-state index contributed by atoms with van der Waals surface area (Å²) >= 11 is 0. The molecule has 148 valence electrons. The maximum Gasteiger partial charge on any atom is 0.279 e. The first-order valence-electron chi connectivity index (χ1n) is 9.03. The van der Waals surface area contributed by atoms with E-state index in [2.05, 4.69) is 5.32 Å². The second kappa shape index (κ2) is 8.37. The topological polar surface area (TPSA) is 95.1 Å². The molecule has 0 spiro atoms. The van der Waals surface area contributed by atoms with Crippen LogP contribution in [0.15, 0.2) is 30.3 Å². The van der Waals surface area contributed by atoms with Crippen molar-refractivity contribution >= 4 is 17.3 Å². The van der Waals surface area contributed by atoms with E-state index in [1.54, 1.807) is 0 Å². The molecule has 1 unspecified atom stereocenters. The van der Waals surface area contributed by atoms with Crippen LogP contribution in [-0.2, 0) is 22.7 Å². The van der Waals surface area contributed by atoms with Gasteiger partial charge >= 0.3 is 0 Å². The van der Waals surface area contributed by atoms with Crippen molar-refractivity contribution in [1.29, 1.82) is 0 Å². The van der Waals surface area contributed by atoms with Crippen LogP contribution in [-0.4, -0.2) is 31.2 Å². The van der Waals surface area contributed by atoms with Gasteiger partial charge in [-0.2, -0.15) is 0 Å². The number of nitrogens with zero attached hydrogens (tertiary/aromatic N) is 1. The lowest BCUT2D eigenvalue weighted by atomic mass is 10.1. The number of hydrogen-bond acceptors (Lipinski definition) is 5. The van der Waals surface area contributed by atoms with Crippen LogP contribution >= 0.6 is 0 Å². The van der Waals surface area contributed by atoms with Crippen LogP contribution in [0.5, 0.6) is 5.75 Å². The number of carbonyl (C=O) groups is 1. The Bertz CT molecular complexity index is 893. The maximum atomic E-state index is 12.5. The summed E-state index contributed by atoms with van der Waals surface area (Å²) in [6.45, 7) is 4.94. The lowest BCUT2D eigenvalue weighted by Gasteiger charge is -2.22. The molecule has 8 heteroatoms. The molecule has 28 heavy (non-hydrogen) atoms. The normalized spacial score (nSPS) is 14.0. The number of nitro groups is 1. The van der Waals surface area contributed by atoms with Crippen molar-refractivity contribution in [3.63, 3.8) is 0 Å². The van der Waals surface area contributed by atoms with Crippen LogP contribution in [0.25, 0.3) is 0 Å². The summed E-state index contributed by atoms with van der Waals surface area (Å²) in [5.74, 6) is 0.504. The standard InChI is InChI=1S/C20H23N3O5/c1-13-5-4-6-14(2)19(13)21-18(24)10-22(3)9-15-7-17(23(25)26)8-16-11-27-12-28-20(15)16/h4-8H,9-12H2,1-3H3,(H,21,24)/p+1. The smallest absolute Gasteiger partial charge is 0.279 e. The zero-order chi connectivity index (χ0) is 20.3. The summed E-state index contributed by atoms with van der Waals surface area (Å²) in [7, 11) is 1.87. The van der Waals surface area contributed by atoms with Crippen molar-refractivity contribution < 1.29 is 24.1 Å². The number of benzene rings is 2. The monoisotopic (exact) mass is 386 g/mol. The van der Waals surface area contributed by atoms with Crippen molar-refractivity contribution in [3.05, 3.63) is 62.7 Å². The number of fused-ring (bicyclic) bond motifs is 1. The Kier molecular flexibility index (Phi) is 5.91. The zero-order valence-corrected chi connectivity index (χ0v) is 16.2. The van der Waals surface area contributed by atoms with Gasteiger partial charge in [-0.1, -0.05) is 18.2 Å². The predicted octanol–water partition coefficient (Wildman–Crippen LogP) is 1.73. The van der Waals surface area contributed by atoms with E-state index >= 15 is 0 Å². The summed E-state index contributed by atoms with van der Waals surface area (Å²) in [5, 5.41) is 14.2. The number of amides is 1. The van der Waals surface area contributed by atoms with E-state index < -0.39 is 4.92 Å². The molecule has 0 aromatic heterocycles. The lowest BCUT2D eigenvalue weighted by Crippen LogP contribution is -3.08. The number of rotatable bonds is 6. The molecule has 0 fully saturated rings. The van der Waals surface area contributed by atoms with E-state index in [0.717, 1.165) is 21.7 Å². The van der Waals surface area contributed by atoms with E-state index in [1.165, 1.54) is 12.1 Å². The predicted molar refractivity (Wildman–Crippen MR) is 103 cm³/mol. The second-order valence-electron chi connectivity index (χ2n) is 7.09. The Labute approximate surface area is 163 Å². The highest BCUT2D eigenvalue weighted by Crippen LogP contribution is 2.32. The molecule has 2 aromatic carbocycles. The third-order valence-corrected chi connectivity index (χ3v) is 4.68. The molecular formula is C20H24N3O5+. The molecule has 0 saturated carbocycles. The SMILES string of the molecule is Cc1cccc(C)c1NC(=O)C[NH+](C)Cc1cc([N+](=O)[O-])cc2c1OCOC2. The molecule has 1 atom stereocenters. The third-order valence-electron chi connectivity index (χ3n) is 4.68. The molecule has 0 aliphatic carbocycles. The fourth-order valence-corrected chi connectivity index (χ4v) is 3.37. The first-order chi connectivity index (χ1) is 13.3. The molecule has 0 saturated heterocycles. The fraction of sp³-hybridized carbons (Fsp3) is 0.350. The average Bonchev–Trinajstić information content (AvgIpc) is 2.64. The molecule has 1 aliphatic heterocycles. The summed E-state index contributed by atoms with van der Waals surface area (Å²) in [5.41, 5.74) is 4.19. The minimum atomic E-state index is -0.429. The van der Waals surface area contributed by atoms with Crippen LogP contribution in [0.3, 0.4) is 0 Å². The summed E-state index contributed by atoms with van der Waals surface area (Å²) in [6, 6.07) is 8.84. The number of nitro benzene ring substituents is 1.